The summed E-state index contributed by atoms with van der Waals surface area (Å²) in [4.78, 5) is 29.0. The van der Waals surface area contributed by atoms with Crippen molar-refractivity contribution in [2.45, 2.75) is 6.61 Å². The second-order valence-corrected chi connectivity index (χ2v) is 6.18. The van der Waals surface area contributed by atoms with Crippen molar-refractivity contribution in [2.75, 3.05) is 11.9 Å². The lowest BCUT2D eigenvalue weighted by Gasteiger charge is -2.12. The van der Waals surface area contributed by atoms with E-state index in [4.69, 9.17) is 4.74 Å². The normalized spacial score (nSPS) is 10.1. The number of anilines is 1. The molecule has 0 bridgehead atoms. The fourth-order valence-electron chi connectivity index (χ4n) is 2.62. The van der Waals surface area contributed by atoms with Gasteiger partial charge in [-0.3, -0.25) is 14.6 Å². The maximum atomic E-state index is 12.7. The molecule has 0 fully saturated rings. The molecule has 2 amide bonds. The highest BCUT2D eigenvalue weighted by Gasteiger charge is 2.14. The van der Waals surface area contributed by atoms with Crippen molar-refractivity contribution in [3.05, 3.63) is 102 Å². The molecule has 0 spiro atoms. The maximum Gasteiger partial charge on any atom is 0.255 e. The Morgan fingerprint density at radius 1 is 1.03 bits per heavy atom. The van der Waals surface area contributed by atoms with Crippen LogP contribution in [-0.2, 0) is 6.61 Å². The first-order valence-corrected chi connectivity index (χ1v) is 9.08. The van der Waals surface area contributed by atoms with Gasteiger partial charge in [0.05, 0.1) is 11.3 Å². The Morgan fingerprint density at radius 2 is 1.90 bits per heavy atom. The molecule has 29 heavy (non-hydrogen) atoms. The Bertz CT molecular complexity index is 1000. The van der Waals surface area contributed by atoms with Gasteiger partial charge in [-0.1, -0.05) is 30.3 Å². The van der Waals surface area contributed by atoms with Crippen LogP contribution in [0.3, 0.4) is 0 Å². The van der Waals surface area contributed by atoms with E-state index in [0.717, 1.165) is 5.56 Å². The maximum absolute atomic E-state index is 12.7. The van der Waals surface area contributed by atoms with Crippen molar-refractivity contribution in [2.24, 2.45) is 0 Å². The molecule has 3 rings (SSSR count). The standard InChI is InChI=1S/C23H21N3O3/c1-2-12-25-23(28)20-10-3-4-11-21(20)26-22(27)18-8-5-9-19(14-18)29-16-17-7-6-13-24-15-17/h2-11,13-15H,1,12,16H2,(H,25,28)(H,26,27). The molecule has 6 nitrogen and oxygen atoms in total. The van der Waals surface area contributed by atoms with E-state index in [2.05, 4.69) is 22.2 Å². The number of pyridine rings is 1. The highest BCUT2D eigenvalue weighted by molar-refractivity contribution is 6.09. The van der Waals surface area contributed by atoms with Gasteiger partial charge >= 0.3 is 0 Å². The number of carbonyl (C=O) groups is 2. The Hall–Kier alpha value is -3.93. The average molecular weight is 387 g/mol. The summed E-state index contributed by atoms with van der Waals surface area (Å²) in [5.74, 6) is -0.0475. The van der Waals surface area contributed by atoms with E-state index in [1.54, 1.807) is 67.0 Å². The zero-order chi connectivity index (χ0) is 20.5. The first-order chi connectivity index (χ1) is 14.2. The van der Waals surface area contributed by atoms with Crippen LogP contribution in [0.15, 0.2) is 85.7 Å². The number of rotatable bonds is 8. The Labute approximate surface area is 169 Å². The third kappa shape index (κ3) is 5.52. The van der Waals surface area contributed by atoms with Crippen LogP contribution in [-0.4, -0.2) is 23.3 Å². The molecule has 0 saturated carbocycles. The first-order valence-electron chi connectivity index (χ1n) is 9.08. The van der Waals surface area contributed by atoms with E-state index in [1.165, 1.54) is 0 Å². The SMILES string of the molecule is C=CCNC(=O)c1ccccc1NC(=O)c1cccc(OCc2cccnc2)c1. The molecule has 0 radical (unpaired) electrons. The second kappa shape index (κ2) is 9.85. The number of aromatic nitrogens is 1. The lowest BCUT2D eigenvalue weighted by Crippen LogP contribution is -2.25. The van der Waals surface area contributed by atoms with Gasteiger partial charge in [-0.15, -0.1) is 6.58 Å². The van der Waals surface area contributed by atoms with E-state index < -0.39 is 0 Å². The molecule has 0 atom stereocenters. The van der Waals surface area contributed by atoms with Crippen molar-refractivity contribution in [1.29, 1.82) is 0 Å². The number of hydrogen-bond donors (Lipinski definition) is 2. The quantitative estimate of drug-likeness (QED) is 0.576. The number of benzene rings is 2. The highest BCUT2D eigenvalue weighted by atomic mass is 16.5. The zero-order valence-electron chi connectivity index (χ0n) is 15.8. The van der Waals surface area contributed by atoms with E-state index in [1.807, 2.05) is 12.1 Å². The van der Waals surface area contributed by atoms with Gasteiger partial charge < -0.3 is 15.4 Å². The summed E-state index contributed by atoms with van der Waals surface area (Å²) >= 11 is 0. The molecule has 0 aliphatic rings. The molecule has 6 heteroatoms. The predicted octanol–water partition coefficient (Wildman–Crippen LogP) is 3.83. The molecular weight excluding hydrogens is 366 g/mol. The monoisotopic (exact) mass is 387 g/mol. The molecule has 1 aromatic heterocycles. The van der Waals surface area contributed by atoms with Crippen LogP contribution in [0.2, 0.25) is 0 Å². The van der Waals surface area contributed by atoms with Gasteiger partial charge in [0.25, 0.3) is 11.8 Å². The van der Waals surface area contributed by atoms with E-state index in [9.17, 15) is 9.59 Å². The van der Waals surface area contributed by atoms with Crippen LogP contribution >= 0.6 is 0 Å². The van der Waals surface area contributed by atoms with Crippen molar-refractivity contribution in [3.8, 4) is 5.75 Å². The van der Waals surface area contributed by atoms with E-state index in [-0.39, 0.29) is 11.8 Å². The van der Waals surface area contributed by atoms with Crippen LogP contribution in [0, 0.1) is 0 Å². The van der Waals surface area contributed by atoms with Crippen LogP contribution in [0.25, 0.3) is 0 Å². The van der Waals surface area contributed by atoms with Crippen LogP contribution in [0.5, 0.6) is 5.75 Å². The lowest BCUT2D eigenvalue weighted by molar-refractivity contribution is 0.0959. The van der Waals surface area contributed by atoms with Crippen molar-refractivity contribution in [1.82, 2.24) is 10.3 Å². The minimum atomic E-state index is -0.333. The lowest BCUT2D eigenvalue weighted by atomic mass is 10.1. The molecular formula is C23H21N3O3. The van der Waals surface area contributed by atoms with Crippen molar-refractivity contribution >= 4 is 17.5 Å². The third-order valence-electron chi connectivity index (χ3n) is 4.05. The fourth-order valence-corrected chi connectivity index (χ4v) is 2.62. The van der Waals surface area contributed by atoms with Gasteiger partial charge in [-0.25, -0.2) is 0 Å². The smallest absolute Gasteiger partial charge is 0.255 e. The third-order valence-corrected chi connectivity index (χ3v) is 4.05. The number of para-hydroxylation sites is 1. The van der Waals surface area contributed by atoms with Gasteiger partial charge in [0.15, 0.2) is 0 Å². The van der Waals surface area contributed by atoms with Gasteiger partial charge in [-0.2, -0.15) is 0 Å². The number of hydrogen-bond acceptors (Lipinski definition) is 4. The summed E-state index contributed by atoms with van der Waals surface area (Å²) in [6.45, 7) is 4.28. The summed E-state index contributed by atoms with van der Waals surface area (Å²) in [7, 11) is 0. The summed E-state index contributed by atoms with van der Waals surface area (Å²) in [6, 6.07) is 17.5. The number of nitrogens with one attached hydrogen (secondary N) is 2. The molecule has 146 valence electrons. The zero-order valence-corrected chi connectivity index (χ0v) is 15.8. The second-order valence-electron chi connectivity index (χ2n) is 6.18. The van der Waals surface area contributed by atoms with Crippen LogP contribution in [0.1, 0.15) is 26.3 Å². The molecule has 0 saturated heterocycles. The number of carbonyl (C=O) groups excluding carboxylic acids is 2. The van der Waals surface area contributed by atoms with Crippen LogP contribution < -0.4 is 15.4 Å². The molecule has 1 heterocycles. The van der Waals surface area contributed by atoms with Gasteiger partial charge in [0.1, 0.15) is 12.4 Å². The first kappa shape index (κ1) is 19.8. The van der Waals surface area contributed by atoms with Crippen LogP contribution in [0.4, 0.5) is 5.69 Å². The molecule has 0 aliphatic heterocycles. The molecule has 0 unspecified atom stereocenters. The Balaban J connectivity index is 1.70. The van der Waals surface area contributed by atoms with E-state index in [0.29, 0.717) is 35.7 Å². The number of amides is 2. The summed E-state index contributed by atoms with van der Waals surface area (Å²) in [5, 5.41) is 5.50. The minimum absolute atomic E-state index is 0.283. The van der Waals surface area contributed by atoms with Gasteiger partial charge in [0.2, 0.25) is 0 Å². The predicted molar refractivity (Wildman–Crippen MR) is 112 cm³/mol. The topological polar surface area (TPSA) is 80.3 Å². The van der Waals surface area contributed by atoms with Crippen molar-refractivity contribution in [3.63, 3.8) is 0 Å². The molecule has 2 N–H and O–H groups in total. The average Bonchev–Trinajstić information content (AvgIpc) is 2.77. The number of ether oxygens (including phenoxy) is 1. The minimum Gasteiger partial charge on any atom is -0.489 e. The summed E-state index contributed by atoms with van der Waals surface area (Å²) in [6.07, 6.45) is 5.02. The van der Waals surface area contributed by atoms with E-state index >= 15 is 0 Å². The Kier molecular flexibility index (Phi) is 6.73. The molecule has 2 aromatic carbocycles. The van der Waals surface area contributed by atoms with Crippen molar-refractivity contribution < 1.29 is 14.3 Å². The molecule has 3 aromatic rings. The number of nitrogens with zero attached hydrogens (tertiary/aromatic N) is 1. The summed E-state index contributed by atoms with van der Waals surface area (Å²) in [5.41, 5.74) is 2.17. The highest BCUT2D eigenvalue weighted by Crippen LogP contribution is 2.19. The largest absolute Gasteiger partial charge is 0.489 e. The molecule has 0 aliphatic carbocycles. The van der Waals surface area contributed by atoms with Gasteiger partial charge in [0, 0.05) is 30.1 Å². The van der Waals surface area contributed by atoms with Gasteiger partial charge in [-0.05, 0) is 36.4 Å². The Morgan fingerprint density at radius 3 is 2.69 bits per heavy atom. The fraction of sp³-hybridized carbons (Fsp3) is 0.0870. The summed E-state index contributed by atoms with van der Waals surface area (Å²) < 4.78 is 5.75.